The van der Waals surface area contributed by atoms with E-state index in [2.05, 4.69) is 22.1 Å². The fourth-order valence-corrected chi connectivity index (χ4v) is 7.16. The second-order valence-corrected chi connectivity index (χ2v) is 14.9. The van der Waals surface area contributed by atoms with Crippen molar-refractivity contribution >= 4 is 26.7 Å². The SMILES string of the molecule is CCCCCCCCCCCCCCCC(=O)O[C@@H]1[C@H](O)[C@@H](O)[C@H](O)[C@@H](O[C@H]2O[C@H](CO)[C@@H](O)[C@H](O)[C@H]2[NH3+])[C@@H]1OP(=O)([O-])OC[C@@H](COC=O)OC=O. The van der Waals surface area contributed by atoms with Gasteiger partial charge in [-0.15, -0.1) is 0 Å². The predicted octanol–water partition coefficient (Wildman–Crippen LogP) is -1.50. The number of carbonyl (C=O) groups is 3. The van der Waals surface area contributed by atoms with E-state index in [1.165, 1.54) is 44.9 Å². The predicted molar refractivity (Wildman–Crippen MR) is 179 cm³/mol. The van der Waals surface area contributed by atoms with Crippen LogP contribution in [0.25, 0.3) is 0 Å². The number of hydrogen-bond donors (Lipinski definition) is 7. The van der Waals surface area contributed by atoms with Gasteiger partial charge >= 0.3 is 5.97 Å². The first-order valence-corrected chi connectivity index (χ1v) is 19.9. The van der Waals surface area contributed by atoms with E-state index in [-0.39, 0.29) is 19.4 Å². The number of unbranched alkanes of at least 4 members (excludes halogenated alkanes) is 12. The van der Waals surface area contributed by atoms with Crippen molar-refractivity contribution in [3.63, 3.8) is 0 Å². The Hall–Kier alpha value is -1.84. The van der Waals surface area contributed by atoms with Crippen LogP contribution in [0.1, 0.15) is 96.8 Å². The van der Waals surface area contributed by atoms with Gasteiger partial charge in [-0.3, -0.25) is 18.9 Å². The summed E-state index contributed by atoms with van der Waals surface area (Å²) in [6.07, 6.45) is -6.42. The van der Waals surface area contributed by atoms with Gasteiger partial charge in [0, 0.05) is 6.42 Å². The van der Waals surface area contributed by atoms with Crippen molar-refractivity contribution in [2.75, 3.05) is 19.8 Å². The highest BCUT2D eigenvalue weighted by atomic mass is 31.2. The first-order chi connectivity index (χ1) is 25.3. The van der Waals surface area contributed by atoms with Crippen LogP contribution in [0.3, 0.4) is 0 Å². The molecule has 1 heterocycles. The first-order valence-electron chi connectivity index (χ1n) is 18.4. The first kappa shape index (κ1) is 47.3. The van der Waals surface area contributed by atoms with Gasteiger partial charge in [-0.25, -0.2) is 0 Å². The van der Waals surface area contributed by atoms with E-state index in [1.807, 2.05) is 0 Å². The number of carbonyl (C=O) groups excluding carboxylic acids is 3. The van der Waals surface area contributed by atoms with Gasteiger partial charge < -0.3 is 74.0 Å². The number of hydrogen-bond acceptors (Lipinski definition) is 18. The number of aliphatic hydroxyl groups is 6. The molecule has 2 fully saturated rings. The lowest BCUT2D eigenvalue weighted by Gasteiger charge is -2.48. The van der Waals surface area contributed by atoms with E-state index in [4.69, 9.17) is 23.3 Å². The molecule has 0 aromatic heterocycles. The molecule has 19 nitrogen and oxygen atoms in total. The number of phosphoric acid groups is 1. The molecule has 2 rings (SSSR count). The van der Waals surface area contributed by atoms with Crippen LogP contribution in [-0.4, -0.2) is 143 Å². The summed E-state index contributed by atoms with van der Waals surface area (Å²) in [7, 11) is -5.57. The Morgan fingerprint density at radius 1 is 0.792 bits per heavy atom. The fraction of sp³-hybridized carbons (Fsp3) is 0.909. The summed E-state index contributed by atoms with van der Waals surface area (Å²) in [5.74, 6) is -0.886. The Bertz CT molecular complexity index is 1090. The summed E-state index contributed by atoms with van der Waals surface area (Å²) < 4.78 is 48.8. The van der Waals surface area contributed by atoms with Gasteiger partial charge in [0.1, 0.15) is 55.4 Å². The molecule has 0 amide bonds. The lowest BCUT2D eigenvalue weighted by atomic mass is 9.84. The molecule has 1 aliphatic heterocycles. The zero-order chi connectivity index (χ0) is 39.4. The van der Waals surface area contributed by atoms with E-state index in [0.29, 0.717) is 12.8 Å². The molecule has 0 aromatic carbocycles. The lowest BCUT2D eigenvalue weighted by molar-refractivity contribution is -0.506. The van der Waals surface area contributed by atoms with E-state index in [1.54, 1.807) is 0 Å². The van der Waals surface area contributed by atoms with E-state index < -0.39 is 107 Å². The molecule has 1 aliphatic carbocycles. The highest BCUT2D eigenvalue weighted by Crippen LogP contribution is 2.45. The molecule has 0 radical (unpaired) electrons. The second kappa shape index (κ2) is 25.3. The Balaban J connectivity index is 2.12. The van der Waals surface area contributed by atoms with Gasteiger partial charge in [-0.1, -0.05) is 84.0 Å². The number of rotatable bonds is 28. The van der Waals surface area contributed by atoms with Gasteiger partial charge in [-0.05, 0) is 6.42 Å². The van der Waals surface area contributed by atoms with Gasteiger partial charge in [-0.2, -0.15) is 0 Å². The van der Waals surface area contributed by atoms with Crippen LogP contribution in [-0.2, 0) is 51.7 Å². The molecule has 13 atom stereocenters. The Morgan fingerprint density at radius 2 is 1.36 bits per heavy atom. The third-order valence-corrected chi connectivity index (χ3v) is 10.3. The highest BCUT2D eigenvalue weighted by molar-refractivity contribution is 7.45. The monoisotopic (exact) mass is 789 g/mol. The zero-order valence-corrected chi connectivity index (χ0v) is 31.2. The molecule has 0 aromatic rings. The van der Waals surface area contributed by atoms with Crippen molar-refractivity contribution in [1.29, 1.82) is 0 Å². The standard InChI is InChI=1S/C33H60NO18P/c1-2-3-4-5-6-7-8-9-10-11-12-13-14-15-23(38)50-30-28(42)27(41)29(43)31(51-33-24(34)26(40)25(39)22(16-35)49-33)32(30)52-53(44,45)48-18-21(47-20-37)17-46-19-36/h19-22,24-33,35,39-43H,2-18,34H2,1H3,(H,44,45)/t21-,22-,24-,25-,26-,27-,28-,29+,30-,31-,32-,33-/m1/s1. The largest absolute Gasteiger partial charge is 0.756 e. The summed E-state index contributed by atoms with van der Waals surface area (Å²) in [6, 6.07) is -1.31. The maximum Gasteiger partial charge on any atom is 0.306 e. The molecular formula is C33H60NO18P. The van der Waals surface area contributed by atoms with Crippen molar-refractivity contribution < 1.29 is 92.9 Å². The summed E-state index contributed by atoms with van der Waals surface area (Å²) in [4.78, 5) is 47.4. The lowest BCUT2D eigenvalue weighted by Crippen LogP contribution is -2.79. The minimum Gasteiger partial charge on any atom is -0.756 e. The number of ether oxygens (including phenoxy) is 5. The normalized spacial score (nSPS) is 32.0. The molecule has 310 valence electrons. The van der Waals surface area contributed by atoms with Crippen molar-refractivity contribution in [3.8, 4) is 0 Å². The molecule has 1 saturated carbocycles. The van der Waals surface area contributed by atoms with E-state index in [9.17, 15) is 54.5 Å². The third kappa shape index (κ3) is 16.0. The minimum atomic E-state index is -5.57. The smallest absolute Gasteiger partial charge is 0.306 e. The number of phosphoric ester groups is 1. The summed E-state index contributed by atoms with van der Waals surface area (Å²) in [5, 5.41) is 62.9. The Morgan fingerprint density at radius 3 is 1.91 bits per heavy atom. The maximum atomic E-state index is 13.1. The second-order valence-electron chi connectivity index (χ2n) is 13.5. The summed E-state index contributed by atoms with van der Waals surface area (Å²) in [5.41, 5.74) is 3.67. The average Bonchev–Trinajstić information content (AvgIpc) is 3.13. The van der Waals surface area contributed by atoms with Crippen molar-refractivity contribution in [3.05, 3.63) is 0 Å². The van der Waals surface area contributed by atoms with Crippen LogP contribution in [0, 0.1) is 0 Å². The van der Waals surface area contributed by atoms with Gasteiger partial charge in [0.2, 0.25) is 6.29 Å². The summed E-state index contributed by atoms with van der Waals surface area (Å²) in [6.45, 7) is -0.139. The van der Waals surface area contributed by atoms with Crippen molar-refractivity contribution in [1.82, 2.24) is 0 Å². The molecule has 1 unspecified atom stereocenters. The Labute approximate surface area is 309 Å². The number of esters is 1. The van der Waals surface area contributed by atoms with Gasteiger partial charge in [0.05, 0.1) is 13.2 Å². The molecule has 9 N–H and O–H groups in total. The highest BCUT2D eigenvalue weighted by Gasteiger charge is 2.56. The number of quaternary nitrogens is 1. The van der Waals surface area contributed by atoms with Gasteiger partial charge in [0.15, 0.2) is 18.2 Å². The molecule has 0 spiro atoms. The van der Waals surface area contributed by atoms with Gasteiger partial charge in [0.25, 0.3) is 20.8 Å². The van der Waals surface area contributed by atoms with Crippen LogP contribution in [0.15, 0.2) is 0 Å². The van der Waals surface area contributed by atoms with Crippen LogP contribution >= 0.6 is 7.82 Å². The van der Waals surface area contributed by atoms with E-state index >= 15 is 0 Å². The van der Waals surface area contributed by atoms with Crippen LogP contribution < -0.4 is 10.6 Å². The quantitative estimate of drug-likeness (QED) is 0.0156. The fourth-order valence-electron chi connectivity index (χ4n) is 6.21. The van der Waals surface area contributed by atoms with E-state index in [0.717, 1.165) is 25.7 Å². The molecule has 2 aliphatic rings. The summed E-state index contributed by atoms with van der Waals surface area (Å²) >= 11 is 0. The zero-order valence-electron chi connectivity index (χ0n) is 30.3. The number of aliphatic hydroxyl groups excluding tert-OH is 6. The molecule has 20 heteroatoms. The third-order valence-electron chi connectivity index (χ3n) is 9.34. The topological polar surface area (TPSA) is 305 Å². The Kier molecular flexibility index (Phi) is 22.6. The molecule has 53 heavy (non-hydrogen) atoms. The average molecular weight is 790 g/mol. The van der Waals surface area contributed by atoms with Crippen LogP contribution in [0.2, 0.25) is 0 Å². The maximum absolute atomic E-state index is 13.1. The van der Waals surface area contributed by atoms with Crippen molar-refractivity contribution in [2.24, 2.45) is 0 Å². The minimum absolute atomic E-state index is 0.0178. The molecular weight excluding hydrogens is 729 g/mol. The molecule has 0 bridgehead atoms. The van der Waals surface area contributed by atoms with Crippen LogP contribution in [0.5, 0.6) is 0 Å². The van der Waals surface area contributed by atoms with Crippen molar-refractivity contribution in [2.45, 2.75) is 170 Å². The molecule has 1 saturated heterocycles. The van der Waals surface area contributed by atoms with Crippen LogP contribution in [0.4, 0.5) is 0 Å².